The van der Waals surface area contributed by atoms with Crippen LogP contribution in [0.15, 0.2) is 28.7 Å². The van der Waals surface area contributed by atoms with E-state index in [0.717, 1.165) is 11.1 Å². The number of aryl methyl sites for hydroxylation is 1. The van der Waals surface area contributed by atoms with E-state index in [9.17, 15) is 4.79 Å². The number of nitrogens with one attached hydrogen (secondary N) is 1. The summed E-state index contributed by atoms with van der Waals surface area (Å²) in [7, 11) is 0. The van der Waals surface area contributed by atoms with Gasteiger partial charge in [0.05, 0.1) is 12.1 Å². The van der Waals surface area contributed by atoms with Crippen molar-refractivity contribution in [1.82, 2.24) is 9.88 Å². The van der Waals surface area contributed by atoms with Crippen molar-refractivity contribution in [2.75, 3.05) is 19.8 Å². The number of benzene rings is 1. The summed E-state index contributed by atoms with van der Waals surface area (Å²) in [6.07, 6.45) is -0.103. The molecule has 0 bridgehead atoms. The number of oxazole rings is 1. The number of fused-ring (bicyclic) bond motifs is 1. The highest BCUT2D eigenvalue weighted by Gasteiger charge is 2.11. The van der Waals surface area contributed by atoms with Crippen LogP contribution >= 0.6 is 12.2 Å². The molecule has 1 aromatic carbocycles. The normalized spacial score (nSPS) is 11.3. The quantitative estimate of drug-likeness (QED) is 0.562. The molecular weight excluding hydrogens is 316 g/mol. The van der Waals surface area contributed by atoms with Gasteiger partial charge in [-0.25, -0.2) is 0 Å². The van der Waals surface area contributed by atoms with Gasteiger partial charge in [-0.2, -0.15) is 0 Å². The summed E-state index contributed by atoms with van der Waals surface area (Å²) in [5.74, 6) is -0.0819. The average Bonchev–Trinajstić information content (AvgIpc) is 2.86. The van der Waals surface area contributed by atoms with Crippen molar-refractivity contribution < 1.29 is 18.7 Å². The lowest BCUT2D eigenvalue weighted by molar-refractivity contribution is -0.140. The Morgan fingerprint density at radius 1 is 1.30 bits per heavy atom. The van der Waals surface area contributed by atoms with Gasteiger partial charge in [0.2, 0.25) is 5.91 Å². The first kappa shape index (κ1) is 17.7. The number of aromatic nitrogens is 1. The monoisotopic (exact) mass is 338 g/mol. The highest BCUT2D eigenvalue weighted by molar-refractivity contribution is 7.71. The minimum atomic E-state index is -0.411. The molecule has 126 valence electrons. The van der Waals surface area contributed by atoms with E-state index in [0.29, 0.717) is 37.6 Å². The van der Waals surface area contributed by atoms with Crippen LogP contribution in [0.3, 0.4) is 0 Å². The van der Waals surface area contributed by atoms with Crippen LogP contribution in [0.1, 0.15) is 20.3 Å². The van der Waals surface area contributed by atoms with Crippen LogP contribution in [-0.2, 0) is 20.8 Å². The summed E-state index contributed by atoms with van der Waals surface area (Å²) in [6, 6.07) is 7.58. The molecule has 6 nitrogen and oxygen atoms in total. The maximum Gasteiger partial charge on any atom is 0.269 e. The van der Waals surface area contributed by atoms with Gasteiger partial charge in [-0.15, -0.1) is 0 Å². The zero-order valence-electron chi connectivity index (χ0n) is 13.4. The van der Waals surface area contributed by atoms with Crippen LogP contribution in [0.4, 0.5) is 0 Å². The predicted molar refractivity (Wildman–Crippen MR) is 89.7 cm³/mol. The van der Waals surface area contributed by atoms with E-state index in [1.54, 1.807) is 0 Å². The molecule has 0 aliphatic heterocycles. The van der Waals surface area contributed by atoms with E-state index in [2.05, 4.69) is 5.32 Å². The van der Waals surface area contributed by atoms with Gasteiger partial charge in [-0.05, 0) is 38.2 Å². The molecule has 0 saturated heterocycles. The molecule has 0 saturated carbocycles. The number of rotatable bonds is 9. The fraction of sp³-hybridized carbons (Fsp3) is 0.500. The summed E-state index contributed by atoms with van der Waals surface area (Å²) < 4.78 is 18.1. The first-order valence-electron chi connectivity index (χ1n) is 7.74. The minimum absolute atomic E-state index is 0.0819. The van der Waals surface area contributed by atoms with Gasteiger partial charge in [0.25, 0.3) is 4.84 Å². The van der Waals surface area contributed by atoms with E-state index in [4.69, 9.17) is 26.1 Å². The molecule has 0 radical (unpaired) electrons. The molecule has 2 aromatic rings. The first-order valence-corrected chi connectivity index (χ1v) is 8.14. The third kappa shape index (κ3) is 4.89. The second kappa shape index (κ2) is 8.81. The Balaban J connectivity index is 1.88. The molecule has 1 amide bonds. The largest absolute Gasteiger partial charge is 0.429 e. The third-order valence-corrected chi connectivity index (χ3v) is 3.61. The summed E-state index contributed by atoms with van der Waals surface area (Å²) in [6.45, 7) is 5.65. The first-order chi connectivity index (χ1) is 11.2. The maximum absolute atomic E-state index is 12.0. The van der Waals surface area contributed by atoms with Crippen molar-refractivity contribution in [3.63, 3.8) is 0 Å². The van der Waals surface area contributed by atoms with Crippen molar-refractivity contribution in [2.24, 2.45) is 0 Å². The molecule has 1 heterocycles. The highest BCUT2D eigenvalue weighted by Crippen LogP contribution is 2.17. The minimum Gasteiger partial charge on any atom is -0.429 e. The number of carbonyl (C=O) groups excluding carboxylic acids is 1. The molecule has 1 aromatic heterocycles. The molecule has 0 aliphatic rings. The van der Waals surface area contributed by atoms with Crippen LogP contribution in [0, 0.1) is 4.84 Å². The zero-order valence-corrected chi connectivity index (χ0v) is 14.2. The fourth-order valence-electron chi connectivity index (χ4n) is 2.26. The zero-order chi connectivity index (χ0) is 16.7. The lowest BCUT2D eigenvalue weighted by atomic mass is 10.3. The van der Waals surface area contributed by atoms with Crippen molar-refractivity contribution in [3.8, 4) is 0 Å². The lowest BCUT2D eigenvalue weighted by Gasteiger charge is -2.17. The van der Waals surface area contributed by atoms with Gasteiger partial charge in [0, 0.05) is 26.2 Å². The second-order valence-corrected chi connectivity index (χ2v) is 5.23. The summed E-state index contributed by atoms with van der Waals surface area (Å²) in [5.41, 5.74) is 1.62. The van der Waals surface area contributed by atoms with Gasteiger partial charge in [0.15, 0.2) is 11.9 Å². The lowest BCUT2D eigenvalue weighted by Crippen LogP contribution is -2.35. The molecule has 0 atom stereocenters. The Kier molecular flexibility index (Phi) is 6.76. The average molecular weight is 338 g/mol. The maximum atomic E-state index is 12.0. The number of carbonyl (C=O) groups is 1. The molecule has 7 heteroatoms. The Bertz CT molecular complexity index is 689. The number of para-hydroxylation sites is 2. The third-order valence-electron chi connectivity index (χ3n) is 3.31. The molecule has 0 unspecified atom stereocenters. The number of amides is 1. The number of hydrogen-bond donors (Lipinski definition) is 1. The molecule has 1 N–H and O–H groups in total. The number of ether oxygens (including phenoxy) is 2. The molecular formula is C16H22N2O4S. The van der Waals surface area contributed by atoms with E-state index in [1.807, 2.05) is 42.7 Å². The van der Waals surface area contributed by atoms with Gasteiger partial charge in [-0.1, -0.05) is 12.1 Å². The van der Waals surface area contributed by atoms with Gasteiger partial charge in [0.1, 0.15) is 0 Å². The van der Waals surface area contributed by atoms with Crippen molar-refractivity contribution in [2.45, 2.75) is 33.1 Å². The van der Waals surface area contributed by atoms with Crippen LogP contribution in [0.25, 0.3) is 11.1 Å². The summed E-state index contributed by atoms with van der Waals surface area (Å²) in [4.78, 5) is 12.4. The summed E-state index contributed by atoms with van der Waals surface area (Å²) >= 11 is 5.20. The van der Waals surface area contributed by atoms with Gasteiger partial charge >= 0.3 is 0 Å². The van der Waals surface area contributed by atoms with Crippen molar-refractivity contribution in [3.05, 3.63) is 29.1 Å². The Morgan fingerprint density at radius 2 is 2.00 bits per heavy atom. The van der Waals surface area contributed by atoms with Crippen molar-refractivity contribution >= 4 is 29.2 Å². The topological polar surface area (TPSA) is 65.6 Å². The van der Waals surface area contributed by atoms with Crippen LogP contribution in [0.5, 0.6) is 0 Å². The number of nitrogens with zero attached hydrogens (tertiary/aromatic N) is 1. The van der Waals surface area contributed by atoms with Gasteiger partial charge in [-0.3, -0.25) is 9.36 Å². The Morgan fingerprint density at radius 3 is 2.70 bits per heavy atom. The molecule has 2 rings (SSSR count). The standard InChI is InChI=1S/C16H22N2O4S/c1-3-20-15(21-4-2)11-17-14(19)9-10-18-12-7-5-6-8-13(12)22-16(18)23/h5-8,15H,3-4,9-11H2,1-2H3,(H,17,19). The van der Waals surface area contributed by atoms with E-state index in [1.165, 1.54) is 0 Å². The number of hydrogen-bond acceptors (Lipinski definition) is 5. The van der Waals surface area contributed by atoms with Crippen LogP contribution in [0.2, 0.25) is 0 Å². The summed E-state index contributed by atoms with van der Waals surface area (Å²) in [5, 5.41) is 2.82. The molecule has 0 spiro atoms. The SMILES string of the molecule is CCOC(CNC(=O)CCn1c(=S)oc2ccccc21)OCC. The fourth-order valence-corrected chi connectivity index (χ4v) is 2.54. The molecule has 0 fully saturated rings. The molecule has 23 heavy (non-hydrogen) atoms. The van der Waals surface area contributed by atoms with Crippen LogP contribution < -0.4 is 5.32 Å². The van der Waals surface area contributed by atoms with Gasteiger partial charge < -0.3 is 19.2 Å². The van der Waals surface area contributed by atoms with E-state index >= 15 is 0 Å². The Hall–Kier alpha value is -1.70. The second-order valence-electron chi connectivity index (χ2n) is 4.88. The van der Waals surface area contributed by atoms with Crippen molar-refractivity contribution in [1.29, 1.82) is 0 Å². The van der Waals surface area contributed by atoms with E-state index in [-0.39, 0.29) is 5.91 Å². The van der Waals surface area contributed by atoms with Crippen LogP contribution in [-0.4, -0.2) is 36.5 Å². The Labute approximate surface area is 140 Å². The smallest absolute Gasteiger partial charge is 0.269 e. The molecule has 0 aliphatic carbocycles. The predicted octanol–water partition coefficient (Wildman–Crippen LogP) is 2.87. The van der Waals surface area contributed by atoms with E-state index < -0.39 is 6.29 Å². The highest BCUT2D eigenvalue weighted by atomic mass is 32.1.